The first-order valence-electron chi connectivity index (χ1n) is 8.16. The van der Waals surface area contributed by atoms with E-state index in [0.29, 0.717) is 5.56 Å². The largest absolute Gasteiger partial charge is 0.573 e. The predicted molar refractivity (Wildman–Crippen MR) is 100.0 cm³/mol. The van der Waals surface area contributed by atoms with Crippen molar-refractivity contribution in [2.45, 2.75) is 45.6 Å². The smallest absolute Gasteiger partial charge is 0.406 e. The number of benzene rings is 1. The van der Waals surface area contributed by atoms with E-state index < -0.39 is 12.3 Å². The van der Waals surface area contributed by atoms with Crippen molar-refractivity contribution in [3.05, 3.63) is 53.1 Å². The molecule has 1 aromatic heterocycles. The molecule has 1 amide bonds. The number of hydrogen-bond acceptors (Lipinski definition) is 5. The highest BCUT2D eigenvalue weighted by atomic mass is 35.5. The van der Waals surface area contributed by atoms with Crippen LogP contribution in [0.2, 0.25) is 5.02 Å². The quantitative estimate of drug-likeness (QED) is 0.774. The van der Waals surface area contributed by atoms with Gasteiger partial charge in [-0.2, -0.15) is 0 Å². The molecule has 0 spiro atoms. The van der Waals surface area contributed by atoms with Crippen molar-refractivity contribution in [3.8, 4) is 5.75 Å². The molecule has 0 radical (unpaired) electrons. The van der Waals surface area contributed by atoms with Crippen molar-refractivity contribution in [1.29, 1.82) is 0 Å². The Kier molecular flexibility index (Phi) is 8.19. The maximum absolute atomic E-state index is 12.2. The summed E-state index contributed by atoms with van der Waals surface area (Å²) in [5, 5.41) is 3.46. The minimum atomic E-state index is -4.72. The van der Waals surface area contributed by atoms with Crippen molar-refractivity contribution in [3.63, 3.8) is 0 Å². The lowest BCUT2D eigenvalue weighted by Gasteiger charge is -2.26. The molecule has 1 unspecified atom stereocenters. The van der Waals surface area contributed by atoms with Gasteiger partial charge in [0, 0.05) is 29.0 Å². The van der Waals surface area contributed by atoms with Gasteiger partial charge < -0.3 is 15.8 Å². The third-order valence-electron chi connectivity index (χ3n) is 3.09. The van der Waals surface area contributed by atoms with Crippen LogP contribution in [0.15, 0.2) is 36.8 Å². The van der Waals surface area contributed by atoms with E-state index in [4.69, 9.17) is 17.3 Å². The van der Waals surface area contributed by atoms with Crippen molar-refractivity contribution in [2.75, 3.05) is 0 Å². The van der Waals surface area contributed by atoms with Crippen molar-refractivity contribution < 1.29 is 22.7 Å². The van der Waals surface area contributed by atoms with Gasteiger partial charge in [-0.1, -0.05) is 11.6 Å². The lowest BCUT2D eigenvalue weighted by Crippen LogP contribution is -2.37. The summed E-state index contributed by atoms with van der Waals surface area (Å²) in [5.74, 6) is -0.861. The molecule has 6 nitrogen and oxygen atoms in total. The average molecular weight is 419 g/mol. The molecule has 3 N–H and O–H groups in total. The van der Waals surface area contributed by atoms with E-state index in [2.05, 4.69) is 20.0 Å². The standard InChI is InChI=1S/C13H17ClF3NO.C5H5N3O/c1-8(18-12(2,3)4)9-5-10(14)7-11(6-9)19-13(15,16)17;6-5(9)4-3-7-1-2-8-4/h5-8,18H,1-4H3;1-3H,(H2,6,9). The predicted octanol–water partition coefficient (Wildman–Crippen LogP) is 4.26. The Hall–Kier alpha value is -2.39. The van der Waals surface area contributed by atoms with Crippen LogP contribution in [-0.2, 0) is 0 Å². The Bertz CT molecular complexity index is 781. The number of rotatable bonds is 4. The van der Waals surface area contributed by atoms with Gasteiger partial charge in [0.2, 0.25) is 0 Å². The molecule has 0 aliphatic rings. The van der Waals surface area contributed by atoms with Crippen LogP contribution in [0.25, 0.3) is 0 Å². The van der Waals surface area contributed by atoms with E-state index >= 15 is 0 Å². The fraction of sp³-hybridized carbons (Fsp3) is 0.389. The topological polar surface area (TPSA) is 90.1 Å². The summed E-state index contributed by atoms with van der Waals surface area (Å²) in [6.07, 6.45) is -0.502. The van der Waals surface area contributed by atoms with Gasteiger partial charge in [0.25, 0.3) is 5.91 Å². The molecule has 1 aromatic carbocycles. The lowest BCUT2D eigenvalue weighted by atomic mass is 10.0. The number of amides is 1. The number of aromatic nitrogens is 2. The van der Waals surface area contributed by atoms with Gasteiger partial charge in [-0.3, -0.25) is 9.78 Å². The Labute approximate surface area is 166 Å². The second-order valence-electron chi connectivity index (χ2n) is 6.84. The summed E-state index contributed by atoms with van der Waals surface area (Å²) in [4.78, 5) is 17.6. The molecule has 1 heterocycles. The summed E-state index contributed by atoms with van der Waals surface area (Å²) in [6.45, 7) is 7.78. The molecule has 0 aliphatic carbocycles. The fourth-order valence-electron chi connectivity index (χ4n) is 2.19. The van der Waals surface area contributed by atoms with Crippen LogP contribution < -0.4 is 15.8 Å². The van der Waals surface area contributed by atoms with E-state index in [-0.39, 0.29) is 28.0 Å². The first-order valence-corrected chi connectivity index (χ1v) is 8.54. The van der Waals surface area contributed by atoms with E-state index in [1.165, 1.54) is 24.7 Å². The molecule has 10 heteroatoms. The monoisotopic (exact) mass is 418 g/mol. The Morgan fingerprint density at radius 3 is 2.29 bits per heavy atom. The van der Waals surface area contributed by atoms with E-state index in [9.17, 15) is 18.0 Å². The zero-order chi connectivity index (χ0) is 21.5. The summed E-state index contributed by atoms with van der Waals surface area (Å²) in [6, 6.07) is 3.95. The average Bonchev–Trinajstić information content (AvgIpc) is 2.52. The first-order chi connectivity index (χ1) is 12.8. The summed E-state index contributed by atoms with van der Waals surface area (Å²) in [7, 11) is 0. The van der Waals surface area contributed by atoms with Crippen LogP contribution in [0.3, 0.4) is 0 Å². The summed E-state index contributed by atoms with van der Waals surface area (Å²) < 4.78 is 40.5. The van der Waals surface area contributed by atoms with Crippen molar-refractivity contribution in [1.82, 2.24) is 15.3 Å². The zero-order valence-corrected chi connectivity index (χ0v) is 16.6. The van der Waals surface area contributed by atoms with Crippen molar-refractivity contribution >= 4 is 17.5 Å². The number of ether oxygens (including phenoxy) is 1. The van der Waals surface area contributed by atoms with Gasteiger partial charge in [0.15, 0.2) is 0 Å². The highest BCUT2D eigenvalue weighted by Gasteiger charge is 2.31. The first kappa shape index (κ1) is 23.6. The molecule has 0 aliphatic heterocycles. The summed E-state index contributed by atoms with van der Waals surface area (Å²) >= 11 is 5.82. The highest BCUT2D eigenvalue weighted by Crippen LogP contribution is 2.29. The second-order valence-corrected chi connectivity index (χ2v) is 7.28. The molecular weight excluding hydrogens is 397 g/mol. The number of alkyl halides is 3. The Morgan fingerprint density at radius 2 is 1.86 bits per heavy atom. The third kappa shape index (κ3) is 9.52. The number of carbonyl (C=O) groups excluding carboxylic acids is 1. The molecule has 1 atom stereocenters. The van der Waals surface area contributed by atoms with Crippen LogP contribution in [0.1, 0.15) is 49.8 Å². The molecule has 154 valence electrons. The van der Waals surface area contributed by atoms with E-state index in [1.54, 1.807) is 6.07 Å². The highest BCUT2D eigenvalue weighted by molar-refractivity contribution is 6.30. The Balaban J connectivity index is 0.000000362. The van der Waals surface area contributed by atoms with Crippen LogP contribution in [0, 0.1) is 0 Å². The van der Waals surface area contributed by atoms with Gasteiger partial charge in [0.05, 0.1) is 6.20 Å². The normalized spacial score (nSPS) is 12.6. The lowest BCUT2D eigenvalue weighted by molar-refractivity contribution is -0.274. The van der Waals surface area contributed by atoms with Crippen molar-refractivity contribution in [2.24, 2.45) is 5.73 Å². The van der Waals surface area contributed by atoms with Gasteiger partial charge >= 0.3 is 6.36 Å². The fourth-order valence-corrected chi connectivity index (χ4v) is 2.42. The molecular formula is C18H22ClF3N4O2. The number of primary amides is 1. The van der Waals surface area contributed by atoms with Gasteiger partial charge in [-0.25, -0.2) is 4.98 Å². The number of carbonyl (C=O) groups is 1. The van der Waals surface area contributed by atoms with Crippen LogP contribution in [0.4, 0.5) is 13.2 Å². The molecule has 28 heavy (non-hydrogen) atoms. The number of nitrogens with two attached hydrogens (primary N) is 1. The van der Waals surface area contributed by atoms with Crippen LogP contribution in [-0.4, -0.2) is 27.8 Å². The van der Waals surface area contributed by atoms with E-state index in [1.807, 2.05) is 27.7 Å². The van der Waals surface area contributed by atoms with Crippen LogP contribution in [0.5, 0.6) is 5.75 Å². The zero-order valence-electron chi connectivity index (χ0n) is 15.8. The number of nitrogens with one attached hydrogen (secondary N) is 1. The Morgan fingerprint density at radius 1 is 1.21 bits per heavy atom. The minimum absolute atomic E-state index is 0.144. The molecule has 0 saturated heterocycles. The molecule has 0 saturated carbocycles. The maximum Gasteiger partial charge on any atom is 0.573 e. The number of nitrogens with zero attached hydrogens (tertiary/aromatic N) is 2. The summed E-state index contributed by atoms with van der Waals surface area (Å²) in [5.41, 5.74) is 5.54. The second kappa shape index (κ2) is 9.70. The molecule has 0 fully saturated rings. The third-order valence-corrected chi connectivity index (χ3v) is 3.31. The molecule has 0 bridgehead atoms. The number of hydrogen-bond donors (Lipinski definition) is 2. The molecule has 2 rings (SSSR count). The SMILES string of the molecule is CC(NC(C)(C)C)c1cc(Cl)cc(OC(F)(F)F)c1.NC(=O)c1cnccn1. The maximum atomic E-state index is 12.2. The number of halogens is 4. The van der Waals surface area contributed by atoms with Gasteiger partial charge in [0.1, 0.15) is 11.4 Å². The molecule has 2 aromatic rings. The van der Waals surface area contributed by atoms with Gasteiger partial charge in [-0.15, -0.1) is 13.2 Å². The van der Waals surface area contributed by atoms with Gasteiger partial charge in [-0.05, 0) is 51.5 Å². The van der Waals surface area contributed by atoms with Crippen LogP contribution >= 0.6 is 11.6 Å². The van der Waals surface area contributed by atoms with E-state index in [0.717, 1.165) is 6.07 Å². The minimum Gasteiger partial charge on any atom is -0.406 e.